The lowest BCUT2D eigenvalue weighted by atomic mass is 10.0. The van der Waals surface area contributed by atoms with Crippen LogP contribution in [0.2, 0.25) is 0 Å². The summed E-state index contributed by atoms with van der Waals surface area (Å²) >= 11 is 1.13. The SMILES string of the molecule is Cc1ccc(S(=O)(=O)Oc2ccc3cc(S(=O)(=O)ON=C4C=C/C(=C(/C#N)c5ccccc5C)S4)ccc3c2)cc1. The van der Waals surface area contributed by atoms with Crippen LogP contribution in [0.4, 0.5) is 0 Å². The summed E-state index contributed by atoms with van der Waals surface area (Å²) in [5.74, 6) is 0.0904. The Morgan fingerprint density at radius 1 is 0.805 bits per heavy atom. The van der Waals surface area contributed by atoms with Crippen molar-refractivity contribution in [2.24, 2.45) is 5.16 Å². The van der Waals surface area contributed by atoms with Crippen LogP contribution in [0, 0.1) is 25.2 Å². The number of fused-ring (bicyclic) bond motifs is 1. The summed E-state index contributed by atoms with van der Waals surface area (Å²) in [4.78, 5) is 0.533. The zero-order chi connectivity index (χ0) is 29.2. The van der Waals surface area contributed by atoms with Crippen LogP contribution in [-0.2, 0) is 24.5 Å². The number of nitrogens with zero attached hydrogens (tertiary/aromatic N) is 2. The van der Waals surface area contributed by atoms with Crippen molar-refractivity contribution in [2.45, 2.75) is 23.6 Å². The van der Waals surface area contributed by atoms with E-state index in [1.165, 1.54) is 42.5 Å². The van der Waals surface area contributed by atoms with Crippen LogP contribution in [0.1, 0.15) is 16.7 Å². The molecule has 11 heteroatoms. The van der Waals surface area contributed by atoms with E-state index in [1.807, 2.05) is 38.1 Å². The third-order valence-corrected chi connectivity index (χ3v) is 9.52. The molecule has 206 valence electrons. The fraction of sp³-hybridized carbons (Fsp3) is 0.0667. The Morgan fingerprint density at radius 3 is 2.22 bits per heavy atom. The topological polar surface area (TPSA) is 123 Å². The number of benzene rings is 4. The minimum absolute atomic E-state index is 0.0281. The van der Waals surface area contributed by atoms with E-state index in [0.717, 1.165) is 28.5 Å². The number of rotatable bonds is 7. The van der Waals surface area contributed by atoms with Crippen molar-refractivity contribution < 1.29 is 25.3 Å². The van der Waals surface area contributed by atoms with E-state index in [4.69, 9.17) is 8.47 Å². The number of oxime groups is 1. The zero-order valence-corrected chi connectivity index (χ0v) is 24.3. The summed E-state index contributed by atoms with van der Waals surface area (Å²) in [6.45, 7) is 3.76. The van der Waals surface area contributed by atoms with Gasteiger partial charge in [-0.15, -0.1) is 0 Å². The van der Waals surface area contributed by atoms with Gasteiger partial charge in [-0.1, -0.05) is 71.0 Å². The minimum Gasteiger partial charge on any atom is -0.379 e. The third kappa shape index (κ3) is 6.20. The molecule has 4 aromatic carbocycles. The first-order valence-electron chi connectivity index (χ1n) is 12.2. The summed E-state index contributed by atoms with van der Waals surface area (Å²) in [7, 11) is -8.30. The van der Waals surface area contributed by atoms with Crippen molar-refractivity contribution in [1.82, 2.24) is 0 Å². The van der Waals surface area contributed by atoms with Gasteiger partial charge in [-0.25, -0.2) is 0 Å². The Balaban J connectivity index is 1.32. The lowest BCUT2D eigenvalue weighted by Crippen LogP contribution is -2.09. The average molecular weight is 603 g/mol. The van der Waals surface area contributed by atoms with E-state index in [1.54, 1.807) is 30.4 Å². The predicted molar refractivity (Wildman–Crippen MR) is 159 cm³/mol. The summed E-state index contributed by atoms with van der Waals surface area (Å²) < 4.78 is 61.2. The Morgan fingerprint density at radius 2 is 1.49 bits per heavy atom. The highest BCUT2D eigenvalue weighted by Gasteiger charge is 2.21. The molecule has 0 saturated carbocycles. The maximum atomic E-state index is 12.9. The molecule has 0 spiro atoms. The van der Waals surface area contributed by atoms with Crippen LogP contribution >= 0.6 is 11.8 Å². The molecule has 1 aliphatic rings. The maximum Gasteiger partial charge on any atom is 0.358 e. The lowest BCUT2D eigenvalue weighted by molar-refractivity contribution is 0.340. The summed E-state index contributed by atoms with van der Waals surface area (Å²) in [5, 5.41) is 14.9. The van der Waals surface area contributed by atoms with Crippen LogP contribution in [0.25, 0.3) is 16.3 Å². The van der Waals surface area contributed by atoms with E-state index < -0.39 is 20.2 Å². The van der Waals surface area contributed by atoms with Crippen molar-refractivity contribution in [3.63, 3.8) is 0 Å². The van der Waals surface area contributed by atoms with Gasteiger partial charge >= 0.3 is 20.2 Å². The third-order valence-electron chi connectivity index (χ3n) is 6.18. The van der Waals surface area contributed by atoms with Crippen molar-refractivity contribution in [3.05, 3.63) is 119 Å². The Bertz CT molecular complexity index is 2020. The molecule has 1 aliphatic heterocycles. The second kappa shape index (κ2) is 11.2. The Kier molecular flexibility index (Phi) is 7.73. The maximum absolute atomic E-state index is 12.9. The molecular formula is C30H22N2O6S3. The molecule has 1 heterocycles. The molecular weight excluding hydrogens is 581 g/mol. The Hall–Kier alpha value is -4.37. The molecule has 0 bridgehead atoms. The largest absolute Gasteiger partial charge is 0.379 e. The van der Waals surface area contributed by atoms with Gasteiger partial charge < -0.3 is 4.18 Å². The van der Waals surface area contributed by atoms with Gasteiger partial charge in [0.15, 0.2) is 0 Å². The average Bonchev–Trinajstić information content (AvgIpc) is 3.42. The van der Waals surface area contributed by atoms with Gasteiger partial charge in [0.2, 0.25) is 0 Å². The van der Waals surface area contributed by atoms with Crippen molar-refractivity contribution in [2.75, 3.05) is 0 Å². The quantitative estimate of drug-likeness (QED) is 0.134. The summed E-state index contributed by atoms with van der Waals surface area (Å²) in [6, 6.07) is 24.8. The fourth-order valence-corrected chi connectivity index (χ4v) is 6.60. The standard InChI is InChI=1S/C30H22N2O6S3/c1-20-7-12-25(13-8-20)40(33,34)37-24-11-9-23-18-26(14-10-22(23)17-24)41(35,36)38-32-30-16-15-29(39-30)28(19-31)27-6-4-3-5-21(27)2/h3-18H,1-2H3/b29-28+,32-30?. The monoisotopic (exact) mass is 602 g/mol. The minimum atomic E-state index is -4.26. The van der Waals surface area contributed by atoms with E-state index in [9.17, 15) is 22.1 Å². The van der Waals surface area contributed by atoms with Gasteiger partial charge in [-0.05, 0) is 84.3 Å². The first kappa shape index (κ1) is 28.2. The van der Waals surface area contributed by atoms with Crippen molar-refractivity contribution >= 4 is 53.4 Å². The molecule has 0 radical (unpaired) electrons. The van der Waals surface area contributed by atoms with Crippen LogP contribution < -0.4 is 4.18 Å². The van der Waals surface area contributed by atoms with Gasteiger partial charge in [-0.2, -0.15) is 22.1 Å². The number of aryl methyl sites for hydroxylation is 2. The molecule has 8 nitrogen and oxygen atoms in total. The van der Waals surface area contributed by atoms with E-state index in [-0.39, 0.29) is 20.6 Å². The van der Waals surface area contributed by atoms with Crippen LogP contribution in [-0.4, -0.2) is 21.9 Å². The highest BCUT2D eigenvalue weighted by molar-refractivity contribution is 8.18. The van der Waals surface area contributed by atoms with Crippen molar-refractivity contribution in [1.29, 1.82) is 5.26 Å². The molecule has 0 atom stereocenters. The van der Waals surface area contributed by atoms with Gasteiger partial charge in [0, 0.05) is 4.91 Å². The van der Waals surface area contributed by atoms with E-state index in [0.29, 0.717) is 21.3 Å². The van der Waals surface area contributed by atoms with Crippen LogP contribution in [0.5, 0.6) is 5.75 Å². The summed E-state index contributed by atoms with van der Waals surface area (Å²) in [6.07, 6.45) is 3.27. The van der Waals surface area contributed by atoms with Gasteiger partial charge in [0.05, 0.1) is 5.57 Å². The highest BCUT2D eigenvalue weighted by atomic mass is 32.2. The van der Waals surface area contributed by atoms with E-state index in [2.05, 4.69) is 11.2 Å². The highest BCUT2D eigenvalue weighted by Crippen LogP contribution is 2.35. The van der Waals surface area contributed by atoms with Crippen molar-refractivity contribution in [3.8, 4) is 11.8 Å². The smallest absolute Gasteiger partial charge is 0.358 e. The molecule has 5 rings (SSSR count). The normalized spacial score (nSPS) is 15.6. The zero-order valence-electron chi connectivity index (χ0n) is 21.8. The first-order chi connectivity index (χ1) is 19.6. The van der Waals surface area contributed by atoms with Gasteiger partial charge in [-0.3, -0.25) is 4.28 Å². The fourth-order valence-electron chi connectivity index (χ4n) is 4.03. The number of nitriles is 1. The number of hydrogen-bond acceptors (Lipinski definition) is 9. The molecule has 0 N–H and O–H groups in total. The van der Waals surface area contributed by atoms with Crippen LogP contribution in [0.15, 0.2) is 117 Å². The summed E-state index contributed by atoms with van der Waals surface area (Å²) in [5.41, 5.74) is 3.11. The number of thioether (sulfide) groups is 1. The lowest BCUT2D eigenvalue weighted by Gasteiger charge is -2.09. The molecule has 0 aliphatic carbocycles. The molecule has 0 saturated heterocycles. The molecule has 0 aromatic heterocycles. The van der Waals surface area contributed by atoms with Gasteiger partial charge in [0.25, 0.3) is 0 Å². The second-order valence-corrected chi connectivity index (χ2v) is 13.2. The Labute approximate surface area is 242 Å². The molecule has 0 fully saturated rings. The number of allylic oxidation sites excluding steroid dienone is 2. The molecule has 0 amide bonds. The second-order valence-electron chi connectivity index (χ2n) is 9.08. The van der Waals surface area contributed by atoms with Crippen LogP contribution in [0.3, 0.4) is 0 Å². The number of hydrogen-bond donors (Lipinski definition) is 0. The van der Waals surface area contributed by atoms with E-state index >= 15 is 0 Å². The molecule has 41 heavy (non-hydrogen) atoms. The first-order valence-corrected chi connectivity index (χ1v) is 15.8. The van der Waals surface area contributed by atoms with Gasteiger partial charge in [0.1, 0.15) is 26.7 Å². The molecule has 4 aromatic rings. The predicted octanol–water partition coefficient (Wildman–Crippen LogP) is 6.48. The molecule has 0 unspecified atom stereocenters.